The zero-order chi connectivity index (χ0) is 25.0. The van der Waals surface area contributed by atoms with Crippen LogP contribution in [0.4, 0.5) is 24.5 Å². The van der Waals surface area contributed by atoms with E-state index in [9.17, 15) is 22.8 Å². The Morgan fingerprint density at radius 1 is 0.941 bits per heavy atom. The minimum atomic E-state index is -4.49. The van der Waals surface area contributed by atoms with Gasteiger partial charge in [0.05, 0.1) is 23.0 Å². The van der Waals surface area contributed by atoms with Crippen molar-refractivity contribution >= 4 is 23.2 Å². The number of hydrogen-bond acceptors (Lipinski definition) is 4. The molecule has 0 aliphatic heterocycles. The van der Waals surface area contributed by atoms with Gasteiger partial charge < -0.3 is 10.6 Å². The number of carbonyl (C=O) groups excluding carboxylic acids is 2. The van der Waals surface area contributed by atoms with Crippen molar-refractivity contribution in [2.45, 2.75) is 46.2 Å². The van der Waals surface area contributed by atoms with Crippen LogP contribution in [0.5, 0.6) is 0 Å². The van der Waals surface area contributed by atoms with Crippen LogP contribution in [0.3, 0.4) is 0 Å². The first-order valence-electron chi connectivity index (χ1n) is 10.8. The maximum absolute atomic E-state index is 13.0. The highest BCUT2D eigenvalue weighted by atomic mass is 19.4. The van der Waals surface area contributed by atoms with Crippen molar-refractivity contribution in [1.29, 1.82) is 0 Å². The highest BCUT2D eigenvalue weighted by Gasteiger charge is 2.31. The summed E-state index contributed by atoms with van der Waals surface area (Å²) in [5.74, 6) is -0.244. The van der Waals surface area contributed by atoms with E-state index in [-0.39, 0.29) is 29.1 Å². The van der Waals surface area contributed by atoms with Gasteiger partial charge >= 0.3 is 6.18 Å². The van der Waals surface area contributed by atoms with Gasteiger partial charge in [-0.1, -0.05) is 27.7 Å². The van der Waals surface area contributed by atoms with Gasteiger partial charge in [0.2, 0.25) is 5.91 Å². The van der Waals surface area contributed by atoms with Gasteiger partial charge in [-0.05, 0) is 48.2 Å². The molecule has 2 amide bonds. The predicted molar refractivity (Wildman–Crippen MR) is 123 cm³/mol. The Hall–Kier alpha value is -3.69. The van der Waals surface area contributed by atoms with Crippen LogP contribution in [0.1, 0.15) is 61.6 Å². The molecule has 0 saturated heterocycles. The van der Waals surface area contributed by atoms with E-state index in [0.717, 1.165) is 12.3 Å². The second-order valence-corrected chi connectivity index (χ2v) is 8.59. The van der Waals surface area contributed by atoms with Gasteiger partial charge in [-0.15, -0.1) is 0 Å². The minimum Gasteiger partial charge on any atom is -0.326 e. The number of pyridine rings is 1. The van der Waals surface area contributed by atoms with Crippen LogP contribution in [0.15, 0.2) is 48.8 Å². The molecule has 7 nitrogen and oxygen atoms in total. The molecule has 0 fully saturated rings. The zero-order valence-corrected chi connectivity index (χ0v) is 19.3. The molecule has 0 aliphatic rings. The van der Waals surface area contributed by atoms with E-state index < -0.39 is 17.6 Å². The summed E-state index contributed by atoms with van der Waals surface area (Å²) in [6.07, 6.45) is -1.98. The largest absolute Gasteiger partial charge is 0.417 e. The summed E-state index contributed by atoms with van der Waals surface area (Å²) in [6, 6.07) is 8.85. The highest BCUT2D eigenvalue weighted by molar-refractivity contribution is 6.05. The molecule has 2 heterocycles. The number of alkyl halides is 3. The van der Waals surface area contributed by atoms with Crippen molar-refractivity contribution in [2.24, 2.45) is 5.92 Å². The Morgan fingerprint density at radius 2 is 1.56 bits per heavy atom. The average Bonchev–Trinajstić information content (AvgIpc) is 3.20. The normalized spacial score (nSPS) is 11.7. The fourth-order valence-corrected chi connectivity index (χ4v) is 3.37. The van der Waals surface area contributed by atoms with Crippen molar-refractivity contribution in [3.8, 4) is 5.82 Å². The molecule has 1 aromatic carbocycles. The Bertz CT molecular complexity index is 1150. The molecule has 2 N–H and O–H groups in total. The summed E-state index contributed by atoms with van der Waals surface area (Å²) in [4.78, 5) is 28.7. The Balaban J connectivity index is 1.78. The number of nitrogens with one attached hydrogen (secondary N) is 2. The number of aromatic nitrogens is 3. The zero-order valence-electron chi connectivity index (χ0n) is 19.3. The van der Waals surface area contributed by atoms with Gasteiger partial charge in [0.25, 0.3) is 5.91 Å². The molecule has 0 atom stereocenters. The molecule has 3 aromatic rings. The fraction of sp³-hybridized carbons (Fsp3) is 0.333. The summed E-state index contributed by atoms with van der Waals surface area (Å²) in [5, 5.41) is 9.78. The molecule has 0 spiro atoms. The number of halogens is 3. The average molecular weight is 473 g/mol. The predicted octanol–water partition coefficient (Wildman–Crippen LogP) is 5.65. The molecule has 34 heavy (non-hydrogen) atoms. The number of anilines is 2. The molecular formula is C24H26F3N5O2. The van der Waals surface area contributed by atoms with Crippen molar-refractivity contribution in [3.63, 3.8) is 0 Å². The van der Waals surface area contributed by atoms with Crippen molar-refractivity contribution in [1.82, 2.24) is 14.8 Å². The number of hydrogen-bond donors (Lipinski definition) is 2. The van der Waals surface area contributed by atoms with E-state index >= 15 is 0 Å². The van der Waals surface area contributed by atoms with E-state index in [1.807, 2.05) is 27.7 Å². The summed E-state index contributed by atoms with van der Waals surface area (Å²) >= 11 is 0. The van der Waals surface area contributed by atoms with E-state index in [2.05, 4.69) is 20.7 Å². The van der Waals surface area contributed by atoms with Gasteiger partial charge in [-0.25, -0.2) is 9.67 Å². The smallest absolute Gasteiger partial charge is 0.326 e. The lowest BCUT2D eigenvalue weighted by atomic mass is 10.1. The van der Waals surface area contributed by atoms with Crippen LogP contribution >= 0.6 is 0 Å². The Morgan fingerprint density at radius 3 is 2.06 bits per heavy atom. The standard InChI is InChI=1S/C24H26F3N5O2/c1-14(2)11-21(33)30-17-6-8-18(9-7-17)31-23(34)19-13-29-32(22(19)15(3)4)20-10-5-16(12-28-20)24(25,26)27/h5-10,12-15H,11H2,1-4H3,(H,30,33)(H,31,34). The van der Waals surface area contributed by atoms with Crippen LogP contribution in [0.25, 0.3) is 5.82 Å². The molecular weight excluding hydrogens is 447 g/mol. The minimum absolute atomic E-state index is 0.0855. The van der Waals surface area contributed by atoms with Gasteiger partial charge in [0.1, 0.15) is 0 Å². The third-order valence-electron chi connectivity index (χ3n) is 4.91. The lowest BCUT2D eigenvalue weighted by Gasteiger charge is -2.13. The first kappa shape index (κ1) is 24.9. The maximum atomic E-state index is 13.0. The van der Waals surface area contributed by atoms with Gasteiger partial charge in [-0.3, -0.25) is 9.59 Å². The topological polar surface area (TPSA) is 88.9 Å². The van der Waals surface area contributed by atoms with Crippen LogP contribution in [0.2, 0.25) is 0 Å². The molecule has 0 saturated carbocycles. The first-order valence-corrected chi connectivity index (χ1v) is 10.8. The lowest BCUT2D eigenvalue weighted by molar-refractivity contribution is -0.137. The molecule has 10 heteroatoms. The third kappa shape index (κ3) is 6.00. The number of carbonyl (C=O) groups is 2. The monoisotopic (exact) mass is 473 g/mol. The van der Waals surface area contributed by atoms with E-state index in [0.29, 0.717) is 23.5 Å². The van der Waals surface area contributed by atoms with Crippen LogP contribution in [-0.2, 0) is 11.0 Å². The van der Waals surface area contributed by atoms with Crippen LogP contribution in [0, 0.1) is 5.92 Å². The second-order valence-electron chi connectivity index (χ2n) is 8.59. The van der Waals surface area contributed by atoms with E-state index in [4.69, 9.17) is 0 Å². The van der Waals surface area contributed by atoms with E-state index in [1.54, 1.807) is 24.3 Å². The van der Waals surface area contributed by atoms with Gasteiger partial charge in [0.15, 0.2) is 5.82 Å². The van der Waals surface area contributed by atoms with Gasteiger partial charge in [-0.2, -0.15) is 18.3 Å². The van der Waals surface area contributed by atoms with Crippen molar-refractivity contribution in [3.05, 3.63) is 65.6 Å². The molecule has 0 aliphatic carbocycles. The van der Waals surface area contributed by atoms with Gasteiger partial charge in [0, 0.05) is 24.0 Å². The third-order valence-corrected chi connectivity index (χ3v) is 4.91. The SMILES string of the molecule is CC(C)CC(=O)Nc1ccc(NC(=O)c2cnn(-c3ccc(C(F)(F)F)cn3)c2C(C)C)cc1. The molecule has 180 valence electrons. The first-order chi connectivity index (χ1) is 16.0. The highest BCUT2D eigenvalue weighted by Crippen LogP contribution is 2.29. The summed E-state index contributed by atoms with van der Waals surface area (Å²) < 4.78 is 39.9. The fourth-order valence-electron chi connectivity index (χ4n) is 3.37. The second kappa shape index (κ2) is 10.1. The number of benzene rings is 1. The summed E-state index contributed by atoms with van der Waals surface area (Å²) in [6.45, 7) is 7.62. The van der Waals surface area contributed by atoms with Crippen molar-refractivity contribution < 1.29 is 22.8 Å². The maximum Gasteiger partial charge on any atom is 0.417 e. The van der Waals surface area contributed by atoms with Crippen LogP contribution < -0.4 is 10.6 Å². The van der Waals surface area contributed by atoms with E-state index in [1.165, 1.54) is 16.9 Å². The Kier molecular flexibility index (Phi) is 7.38. The lowest BCUT2D eigenvalue weighted by Crippen LogP contribution is -2.16. The van der Waals surface area contributed by atoms with Crippen LogP contribution in [-0.4, -0.2) is 26.6 Å². The number of nitrogens with zero attached hydrogens (tertiary/aromatic N) is 3. The number of amides is 2. The molecule has 0 unspecified atom stereocenters. The molecule has 0 radical (unpaired) electrons. The summed E-state index contributed by atoms with van der Waals surface area (Å²) in [7, 11) is 0. The molecule has 0 bridgehead atoms. The molecule has 2 aromatic heterocycles. The Labute approximate surface area is 195 Å². The van der Waals surface area contributed by atoms with Crippen molar-refractivity contribution in [2.75, 3.05) is 10.6 Å². The number of rotatable bonds is 7. The molecule has 3 rings (SSSR count). The quantitative estimate of drug-likeness (QED) is 0.464. The summed E-state index contributed by atoms with van der Waals surface area (Å²) in [5.41, 5.74) is 1.07.